The Bertz CT molecular complexity index is 1270. The molecule has 0 atom stereocenters. The van der Waals surface area contributed by atoms with Crippen LogP contribution in [0.15, 0.2) is 60.4 Å². The lowest BCUT2D eigenvalue weighted by molar-refractivity contribution is -0.133. The van der Waals surface area contributed by atoms with Crippen molar-refractivity contribution in [1.82, 2.24) is 0 Å². The van der Waals surface area contributed by atoms with Gasteiger partial charge in [0.25, 0.3) is 0 Å². The second kappa shape index (κ2) is 9.70. The van der Waals surface area contributed by atoms with E-state index in [2.05, 4.69) is 0 Å². The molecule has 0 unspecified atom stereocenters. The van der Waals surface area contributed by atoms with Crippen LogP contribution in [0.4, 0.5) is 0 Å². The molecule has 4 rings (SSSR count). The third-order valence-corrected chi connectivity index (χ3v) is 5.50. The summed E-state index contributed by atoms with van der Waals surface area (Å²) in [5, 5.41) is 0. The van der Waals surface area contributed by atoms with E-state index >= 15 is 0 Å². The molecule has 1 aliphatic rings. The van der Waals surface area contributed by atoms with Gasteiger partial charge in [-0.1, -0.05) is 12.1 Å². The van der Waals surface area contributed by atoms with E-state index in [1.165, 1.54) is 0 Å². The zero-order valence-electron chi connectivity index (χ0n) is 19.3. The summed E-state index contributed by atoms with van der Waals surface area (Å²) in [7, 11) is 4.69. The molecule has 0 saturated heterocycles. The molecule has 0 amide bonds. The van der Waals surface area contributed by atoms with Gasteiger partial charge < -0.3 is 23.7 Å². The first-order valence-electron chi connectivity index (χ1n) is 10.6. The molecule has 0 N–H and O–H groups in total. The molecular formula is C27H24O7. The predicted octanol–water partition coefficient (Wildman–Crippen LogP) is 4.79. The van der Waals surface area contributed by atoms with Crippen LogP contribution in [0.5, 0.6) is 28.7 Å². The summed E-state index contributed by atoms with van der Waals surface area (Å²) in [6.07, 6.45) is 1.72. The van der Waals surface area contributed by atoms with Gasteiger partial charge >= 0.3 is 5.97 Å². The molecule has 174 valence electrons. The first kappa shape index (κ1) is 22.9. The van der Waals surface area contributed by atoms with Crippen molar-refractivity contribution in [3.8, 4) is 28.7 Å². The minimum atomic E-state index is -0.420. The molecular weight excluding hydrogens is 436 g/mol. The molecule has 0 fully saturated rings. The minimum absolute atomic E-state index is 0.0999. The summed E-state index contributed by atoms with van der Waals surface area (Å²) in [5.74, 6) is 2.09. The van der Waals surface area contributed by atoms with E-state index in [0.717, 1.165) is 5.56 Å². The standard InChI is InChI=1S/C27H24O7/c1-16-22(33-25(28)13-17-5-8-19(30-2)9-6-17)12-11-21-26(29)24(34-27(16)21)14-18-7-10-20(31-3)15-23(18)32-4/h5-12,14-15H,13H2,1-4H3/b24-14-. The van der Waals surface area contributed by atoms with Gasteiger partial charge in [-0.25, -0.2) is 0 Å². The molecule has 0 spiro atoms. The third-order valence-electron chi connectivity index (χ3n) is 5.50. The first-order valence-corrected chi connectivity index (χ1v) is 10.6. The predicted molar refractivity (Wildman–Crippen MR) is 126 cm³/mol. The molecule has 7 heteroatoms. The number of ether oxygens (including phenoxy) is 5. The number of benzene rings is 3. The van der Waals surface area contributed by atoms with Gasteiger partial charge in [0, 0.05) is 17.2 Å². The maximum atomic E-state index is 12.9. The quantitative estimate of drug-likeness (QED) is 0.285. The topological polar surface area (TPSA) is 80.3 Å². The van der Waals surface area contributed by atoms with Crippen molar-refractivity contribution in [2.45, 2.75) is 13.3 Å². The zero-order valence-corrected chi connectivity index (χ0v) is 19.3. The van der Waals surface area contributed by atoms with E-state index in [1.807, 2.05) is 12.1 Å². The van der Waals surface area contributed by atoms with E-state index in [-0.39, 0.29) is 18.0 Å². The number of carbonyl (C=O) groups is 2. The molecule has 0 aromatic heterocycles. The molecule has 1 aliphatic heterocycles. The summed E-state index contributed by atoms with van der Waals surface area (Å²) < 4.78 is 27.2. The van der Waals surface area contributed by atoms with Gasteiger partial charge in [-0.15, -0.1) is 0 Å². The number of rotatable bonds is 7. The Morgan fingerprint density at radius 3 is 2.26 bits per heavy atom. The van der Waals surface area contributed by atoms with Crippen LogP contribution >= 0.6 is 0 Å². The maximum Gasteiger partial charge on any atom is 0.315 e. The van der Waals surface area contributed by atoms with Crippen molar-refractivity contribution in [2.75, 3.05) is 21.3 Å². The molecule has 0 bridgehead atoms. The van der Waals surface area contributed by atoms with Gasteiger partial charge in [-0.2, -0.15) is 0 Å². The summed E-state index contributed by atoms with van der Waals surface area (Å²) in [6, 6.07) is 15.7. The van der Waals surface area contributed by atoms with Gasteiger partial charge in [0.05, 0.1) is 33.3 Å². The minimum Gasteiger partial charge on any atom is -0.497 e. The number of hydrogen-bond donors (Lipinski definition) is 0. The number of Topliss-reactive ketones (excluding diaryl/α,β-unsaturated/α-hetero) is 1. The first-order chi connectivity index (χ1) is 16.4. The molecule has 0 radical (unpaired) electrons. The molecule has 7 nitrogen and oxygen atoms in total. The third kappa shape index (κ3) is 4.59. The van der Waals surface area contributed by atoms with E-state index < -0.39 is 5.97 Å². The highest BCUT2D eigenvalue weighted by Gasteiger charge is 2.31. The summed E-state index contributed by atoms with van der Waals surface area (Å²) in [6.45, 7) is 1.75. The van der Waals surface area contributed by atoms with Crippen LogP contribution in [0, 0.1) is 6.92 Å². The Labute approximate surface area is 197 Å². The Hall–Kier alpha value is -4.26. The van der Waals surface area contributed by atoms with Crippen molar-refractivity contribution in [2.24, 2.45) is 0 Å². The normalized spacial score (nSPS) is 13.3. The average molecular weight is 460 g/mol. The monoisotopic (exact) mass is 460 g/mol. The Balaban J connectivity index is 1.53. The van der Waals surface area contributed by atoms with Gasteiger partial charge in [0.2, 0.25) is 5.78 Å². The van der Waals surface area contributed by atoms with Crippen LogP contribution in [-0.4, -0.2) is 33.1 Å². The summed E-state index contributed by atoms with van der Waals surface area (Å²) in [5.41, 5.74) is 2.45. The molecule has 0 saturated carbocycles. The summed E-state index contributed by atoms with van der Waals surface area (Å²) in [4.78, 5) is 25.4. The van der Waals surface area contributed by atoms with E-state index in [0.29, 0.717) is 45.4 Å². The van der Waals surface area contributed by atoms with Gasteiger partial charge in [-0.05, 0) is 55.0 Å². The fourth-order valence-corrected chi connectivity index (χ4v) is 3.63. The smallest absolute Gasteiger partial charge is 0.315 e. The largest absolute Gasteiger partial charge is 0.497 e. The highest BCUT2D eigenvalue weighted by atomic mass is 16.5. The number of carbonyl (C=O) groups excluding carboxylic acids is 2. The van der Waals surface area contributed by atoms with Crippen LogP contribution in [0.25, 0.3) is 6.08 Å². The van der Waals surface area contributed by atoms with Gasteiger partial charge in [0.1, 0.15) is 28.7 Å². The van der Waals surface area contributed by atoms with E-state index in [4.69, 9.17) is 23.7 Å². The molecule has 1 heterocycles. The number of esters is 1. The average Bonchev–Trinajstić information content (AvgIpc) is 3.17. The lowest BCUT2D eigenvalue weighted by atomic mass is 10.1. The Kier molecular flexibility index (Phi) is 6.54. The Morgan fingerprint density at radius 2 is 1.59 bits per heavy atom. The lowest BCUT2D eigenvalue weighted by Crippen LogP contribution is -2.12. The maximum absolute atomic E-state index is 12.9. The van der Waals surface area contributed by atoms with Crippen molar-refractivity contribution >= 4 is 17.8 Å². The fraction of sp³-hybridized carbons (Fsp3) is 0.185. The van der Waals surface area contributed by atoms with Crippen LogP contribution in [-0.2, 0) is 11.2 Å². The summed E-state index contributed by atoms with van der Waals surface area (Å²) >= 11 is 0. The number of methoxy groups -OCH3 is 3. The second-order valence-corrected chi connectivity index (χ2v) is 7.61. The van der Waals surface area contributed by atoms with Crippen LogP contribution in [0.3, 0.4) is 0 Å². The SMILES string of the molecule is COc1ccc(CC(=O)Oc2ccc3c(c2C)O/C(=C\c2ccc(OC)cc2OC)C3=O)cc1. The van der Waals surface area contributed by atoms with Crippen LogP contribution in [0.1, 0.15) is 27.0 Å². The number of fused-ring (bicyclic) bond motifs is 1. The van der Waals surface area contributed by atoms with Gasteiger partial charge in [0.15, 0.2) is 5.76 Å². The highest BCUT2D eigenvalue weighted by Crippen LogP contribution is 2.40. The van der Waals surface area contributed by atoms with E-state index in [1.54, 1.807) is 76.8 Å². The van der Waals surface area contributed by atoms with Crippen molar-refractivity contribution in [3.05, 3.63) is 82.6 Å². The molecule has 34 heavy (non-hydrogen) atoms. The highest BCUT2D eigenvalue weighted by molar-refractivity contribution is 6.15. The molecule has 3 aromatic carbocycles. The van der Waals surface area contributed by atoms with Gasteiger partial charge in [-0.3, -0.25) is 9.59 Å². The zero-order chi connectivity index (χ0) is 24.2. The van der Waals surface area contributed by atoms with Crippen LogP contribution < -0.4 is 23.7 Å². The molecule has 0 aliphatic carbocycles. The number of hydrogen-bond acceptors (Lipinski definition) is 7. The number of allylic oxidation sites excluding steroid dienone is 1. The fourth-order valence-electron chi connectivity index (χ4n) is 3.63. The van der Waals surface area contributed by atoms with E-state index in [9.17, 15) is 9.59 Å². The van der Waals surface area contributed by atoms with Crippen molar-refractivity contribution < 1.29 is 33.3 Å². The van der Waals surface area contributed by atoms with Crippen molar-refractivity contribution in [3.63, 3.8) is 0 Å². The molecule has 3 aromatic rings. The Morgan fingerprint density at radius 1 is 0.882 bits per heavy atom. The van der Waals surface area contributed by atoms with Crippen molar-refractivity contribution in [1.29, 1.82) is 0 Å². The van der Waals surface area contributed by atoms with Crippen LogP contribution in [0.2, 0.25) is 0 Å². The second-order valence-electron chi connectivity index (χ2n) is 7.61. The lowest BCUT2D eigenvalue weighted by Gasteiger charge is -2.10. The number of ketones is 1.